The van der Waals surface area contributed by atoms with E-state index in [9.17, 15) is 27.2 Å². The summed E-state index contributed by atoms with van der Waals surface area (Å²) in [5.74, 6) is -1.18. The van der Waals surface area contributed by atoms with E-state index in [-0.39, 0.29) is 29.6 Å². The van der Waals surface area contributed by atoms with Gasteiger partial charge in [-0.1, -0.05) is 32.0 Å². The summed E-state index contributed by atoms with van der Waals surface area (Å²) >= 11 is 0. The Labute approximate surface area is 193 Å². The first kappa shape index (κ1) is 24.9. The maximum absolute atomic E-state index is 14.0. The monoisotopic (exact) mass is 477 g/mol. The molecule has 0 spiro atoms. The molecule has 1 amide bonds. The quantitative estimate of drug-likeness (QED) is 0.485. The van der Waals surface area contributed by atoms with Crippen LogP contribution in [0.15, 0.2) is 53.3 Å². The molecule has 0 aliphatic carbocycles. The van der Waals surface area contributed by atoms with Crippen molar-refractivity contribution in [2.24, 2.45) is 5.92 Å². The molecule has 1 atom stereocenters. The molecule has 0 saturated carbocycles. The van der Waals surface area contributed by atoms with Crippen LogP contribution >= 0.6 is 0 Å². The smallest absolute Gasteiger partial charge is 0.416 e. The van der Waals surface area contributed by atoms with Crippen LogP contribution < -0.4 is 15.6 Å². The fraction of sp³-hybridized carbons (Fsp3) is 0.292. The first-order valence-electron chi connectivity index (χ1n) is 10.4. The Bertz CT molecular complexity index is 1220. The third-order valence-electron chi connectivity index (χ3n) is 5.16. The number of rotatable bonds is 7. The Balaban J connectivity index is 1.82. The minimum absolute atomic E-state index is 0.0593. The topological polar surface area (TPSA) is 84.1 Å². The van der Waals surface area contributed by atoms with E-state index in [1.54, 1.807) is 19.9 Å². The van der Waals surface area contributed by atoms with E-state index in [1.807, 2.05) is 0 Å². The number of amides is 1. The first-order valence-corrected chi connectivity index (χ1v) is 10.4. The molecular formula is C24H23F4N3O3. The number of carbonyl (C=O) groups is 1. The van der Waals surface area contributed by atoms with Crippen LogP contribution in [-0.2, 0) is 12.6 Å². The zero-order valence-corrected chi connectivity index (χ0v) is 18.7. The van der Waals surface area contributed by atoms with Crippen molar-refractivity contribution in [3.63, 3.8) is 0 Å². The summed E-state index contributed by atoms with van der Waals surface area (Å²) in [7, 11) is 1.34. The summed E-state index contributed by atoms with van der Waals surface area (Å²) in [6.45, 7) is 3.61. The lowest BCUT2D eigenvalue weighted by atomic mass is 9.95. The number of aromatic nitrogens is 2. The van der Waals surface area contributed by atoms with Crippen LogP contribution in [0.2, 0.25) is 0 Å². The number of nitrogens with one attached hydrogen (secondary N) is 2. The SMILES string of the molecule is COc1ccc(Cc2nc(C(=O)N[C@@H](c3ccc(C(F)(F)F)cc3)C(C)C)cc(=O)[nH]2)cc1F. The van der Waals surface area contributed by atoms with Crippen LogP contribution in [0.25, 0.3) is 0 Å². The molecule has 34 heavy (non-hydrogen) atoms. The molecule has 0 radical (unpaired) electrons. The van der Waals surface area contributed by atoms with Crippen molar-refractivity contribution in [1.82, 2.24) is 15.3 Å². The van der Waals surface area contributed by atoms with E-state index >= 15 is 0 Å². The summed E-state index contributed by atoms with van der Waals surface area (Å²) in [5, 5.41) is 2.74. The number of methoxy groups -OCH3 is 1. The maximum Gasteiger partial charge on any atom is 0.416 e. The molecule has 10 heteroatoms. The molecule has 2 aromatic carbocycles. The number of ether oxygens (including phenoxy) is 1. The zero-order chi connectivity index (χ0) is 25.0. The number of halogens is 4. The number of alkyl halides is 3. The van der Waals surface area contributed by atoms with Gasteiger partial charge in [-0.3, -0.25) is 9.59 Å². The number of nitrogens with zero attached hydrogens (tertiary/aromatic N) is 1. The number of benzene rings is 2. The van der Waals surface area contributed by atoms with Gasteiger partial charge in [-0.25, -0.2) is 9.37 Å². The molecule has 3 rings (SSSR count). The first-order chi connectivity index (χ1) is 16.0. The van der Waals surface area contributed by atoms with E-state index < -0.39 is 35.1 Å². The zero-order valence-electron chi connectivity index (χ0n) is 18.7. The van der Waals surface area contributed by atoms with Gasteiger partial charge in [0.2, 0.25) is 0 Å². The molecule has 0 saturated heterocycles. The van der Waals surface area contributed by atoms with E-state index in [4.69, 9.17) is 4.74 Å². The molecule has 0 aliphatic rings. The third-order valence-corrected chi connectivity index (χ3v) is 5.16. The second kappa shape index (κ2) is 10.1. The molecule has 0 aliphatic heterocycles. The van der Waals surface area contributed by atoms with Crippen molar-refractivity contribution < 1.29 is 27.1 Å². The highest BCUT2D eigenvalue weighted by Gasteiger charge is 2.30. The van der Waals surface area contributed by atoms with Gasteiger partial charge < -0.3 is 15.0 Å². The summed E-state index contributed by atoms with van der Waals surface area (Å²) in [5.41, 5.74) is -0.537. The lowest BCUT2D eigenvalue weighted by Crippen LogP contribution is -2.33. The van der Waals surface area contributed by atoms with Crippen molar-refractivity contribution in [2.45, 2.75) is 32.5 Å². The molecule has 0 fully saturated rings. The maximum atomic E-state index is 14.0. The van der Waals surface area contributed by atoms with Crippen LogP contribution in [0.3, 0.4) is 0 Å². The van der Waals surface area contributed by atoms with E-state index in [0.717, 1.165) is 18.2 Å². The lowest BCUT2D eigenvalue weighted by Gasteiger charge is -2.23. The molecule has 3 aromatic rings. The Hall–Kier alpha value is -3.69. The fourth-order valence-corrected chi connectivity index (χ4v) is 3.45. The Morgan fingerprint density at radius 1 is 1.12 bits per heavy atom. The van der Waals surface area contributed by atoms with Gasteiger partial charge in [0.05, 0.1) is 18.7 Å². The highest BCUT2D eigenvalue weighted by atomic mass is 19.4. The average molecular weight is 477 g/mol. The van der Waals surface area contributed by atoms with Gasteiger partial charge in [0.25, 0.3) is 11.5 Å². The molecule has 0 bridgehead atoms. The second-order valence-electron chi connectivity index (χ2n) is 8.04. The van der Waals surface area contributed by atoms with Crippen molar-refractivity contribution >= 4 is 5.91 Å². The number of hydrogen-bond acceptors (Lipinski definition) is 4. The van der Waals surface area contributed by atoms with Gasteiger partial charge in [-0.15, -0.1) is 0 Å². The Morgan fingerprint density at radius 2 is 1.79 bits per heavy atom. The average Bonchev–Trinajstić information content (AvgIpc) is 2.76. The molecular weight excluding hydrogens is 454 g/mol. The predicted molar refractivity (Wildman–Crippen MR) is 117 cm³/mol. The van der Waals surface area contributed by atoms with Crippen molar-refractivity contribution in [3.05, 3.63) is 92.9 Å². The highest BCUT2D eigenvalue weighted by molar-refractivity contribution is 5.92. The number of carbonyl (C=O) groups excluding carboxylic acids is 1. The summed E-state index contributed by atoms with van der Waals surface area (Å²) in [4.78, 5) is 31.7. The number of hydrogen-bond donors (Lipinski definition) is 2. The minimum Gasteiger partial charge on any atom is -0.494 e. The van der Waals surface area contributed by atoms with E-state index in [0.29, 0.717) is 11.1 Å². The summed E-state index contributed by atoms with van der Waals surface area (Å²) < 4.78 is 57.4. The van der Waals surface area contributed by atoms with Crippen LogP contribution in [-0.4, -0.2) is 23.0 Å². The standard InChI is InChI=1S/C24H23F4N3O3/c1-13(2)22(15-5-7-16(8-6-15)24(26,27)28)31-23(33)18-12-21(32)30-20(29-18)11-14-4-9-19(34-3)17(25)10-14/h4-10,12-13,22H,11H2,1-3H3,(H,31,33)(H,29,30,32)/t22-/m1/s1. The molecule has 1 heterocycles. The van der Waals surface area contributed by atoms with Crippen molar-refractivity contribution in [1.29, 1.82) is 0 Å². The summed E-state index contributed by atoms with van der Waals surface area (Å²) in [6, 6.07) is 9.22. The Morgan fingerprint density at radius 3 is 2.35 bits per heavy atom. The van der Waals surface area contributed by atoms with Crippen molar-refractivity contribution in [3.8, 4) is 5.75 Å². The van der Waals surface area contributed by atoms with Gasteiger partial charge in [0.1, 0.15) is 11.5 Å². The van der Waals surface area contributed by atoms with E-state index in [2.05, 4.69) is 15.3 Å². The Kier molecular flexibility index (Phi) is 7.38. The minimum atomic E-state index is -4.46. The molecule has 1 aromatic heterocycles. The highest BCUT2D eigenvalue weighted by Crippen LogP contribution is 2.31. The second-order valence-corrected chi connectivity index (χ2v) is 8.04. The largest absolute Gasteiger partial charge is 0.494 e. The third kappa shape index (κ3) is 6.00. The van der Waals surface area contributed by atoms with Crippen LogP contribution in [0, 0.1) is 11.7 Å². The van der Waals surface area contributed by atoms with Crippen LogP contribution in [0.5, 0.6) is 5.75 Å². The molecule has 6 nitrogen and oxygen atoms in total. The van der Waals surface area contributed by atoms with Gasteiger partial charge >= 0.3 is 6.18 Å². The molecule has 0 unspecified atom stereocenters. The van der Waals surface area contributed by atoms with Crippen LogP contribution in [0.4, 0.5) is 17.6 Å². The molecule has 180 valence electrons. The van der Waals surface area contributed by atoms with Gasteiger partial charge in [-0.05, 0) is 41.3 Å². The predicted octanol–water partition coefficient (Wildman–Crippen LogP) is 4.65. The van der Waals surface area contributed by atoms with Gasteiger partial charge in [-0.2, -0.15) is 13.2 Å². The lowest BCUT2D eigenvalue weighted by molar-refractivity contribution is -0.137. The number of aromatic amines is 1. The van der Waals surface area contributed by atoms with Gasteiger partial charge in [0.15, 0.2) is 11.6 Å². The fourth-order valence-electron chi connectivity index (χ4n) is 3.45. The number of H-pyrrole nitrogens is 1. The molecule has 2 N–H and O–H groups in total. The van der Waals surface area contributed by atoms with Gasteiger partial charge in [0, 0.05) is 12.5 Å². The van der Waals surface area contributed by atoms with Crippen LogP contribution in [0.1, 0.15) is 52.9 Å². The van der Waals surface area contributed by atoms with E-state index in [1.165, 1.54) is 31.4 Å². The normalized spacial score (nSPS) is 12.5. The van der Waals surface area contributed by atoms with Crippen molar-refractivity contribution in [2.75, 3.05) is 7.11 Å². The summed E-state index contributed by atoms with van der Waals surface area (Å²) in [6.07, 6.45) is -4.41.